The first kappa shape index (κ1) is 27.3. The van der Waals surface area contributed by atoms with Crippen LogP contribution < -0.4 is 26.8 Å². The summed E-state index contributed by atoms with van der Waals surface area (Å²) in [6.07, 6.45) is 2.33. The van der Waals surface area contributed by atoms with Gasteiger partial charge in [-0.3, -0.25) is 23.3 Å². The molecular weight excluding hydrogens is 668 g/mol. The van der Waals surface area contributed by atoms with Crippen LogP contribution in [0.3, 0.4) is 0 Å². The number of fused-ring (bicyclic) bond motifs is 2. The Morgan fingerprint density at radius 1 is 1.10 bits per heavy atom. The highest BCUT2D eigenvalue weighted by Gasteiger charge is 2.32. The van der Waals surface area contributed by atoms with Crippen molar-refractivity contribution in [3.63, 3.8) is 0 Å². The minimum absolute atomic E-state index is 0.00771. The molecule has 2 aromatic carbocycles. The zero-order chi connectivity index (χ0) is 29.4. The lowest BCUT2D eigenvalue weighted by molar-refractivity contribution is 0.580. The van der Waals surface area contributed by atoms with Gasteiger partial charge in [0.1, 0.15) is 28.9 Å². The summed E-state index contributed by atoms with van der Waals surface area (Å²) in [6.45, 7) is 1.50. The first-order valence-electron chi connectivity index (χ1n) is 12.5. The Morgan fingerprint density at radius 2 is 1.83 bits per heavy atom. The predicted octanol–water partition coefficient (Wildman–Crippen LogP) is 2.64. The summed E-state index contributed by atoms with van der Waals surface area (Å²) in [5.41, 5.74) is -1.13. The minimum atomic E-state index is -3.96. The standard InChI is InChI=1S/C26H23FIN7O5S/c1-13-22-20(23(32(3)24(13)36)31-17-10-7-14(28)11-16(17)27)25(37)34(15-8-9-15)26(38)35(22)19-6-4-5-18-21(19)30-12-33(18)41(39,40)29-2/h4-7,10-12,15,29,31H,8-9H2,1-3H3. The van der Waals surface area contributed by atoms with E-state index in [1.807, 2.05) is 22.6 Å². The fraction of sp³-hybridized carbons (Fsp3) is 0.231. The predicted molar refractivity (Wildman–Crippen MR) is 161 cm³/mol. The van der Waals surface area contributed by atoms with Crippen molar-refractivity contribution in [1.82, 2.24) is 27.4 Å². The summed E-state index contributed by atoms with van der Waals surface area (Å²) in [4.78, 5) is 45.9. The van der Waals surface area contributed by atoms with Crippen molar-refractivity contribution < 1.29 is 12.8 Å². The molecule has 0 aliphatic heterocycles. The Kier molecular flexibility index (Phi) is 6.42. The lowest BCUT2D eigenvalue weighted by Gasteiger charge is -2.20. The van der Waals surface area contributed by atoms with Crippen LogP contribution in [-0.4, -0.2) is 38.1 Å². The highest BCUT2D eigenvalue weighted by atomic mass is 127. The molecule has 15 heteroatoms. The zero-order valence-corrected chi connectivity index (χ0v) is 24.9. The molecule has 0 atom stereocenters. The van der Waals surface area contributed by atoms with Crippen LogP contribution in [0.25, 0.3) is 27.6 Å². The summed E-state index contributed by atoms with van der Waals surface area (Å²) in [7, 11) is -1.23. The van der Waals surface area contributed by atoms with E-state index in [1.54, 1.807) is 18.2 Å². The normalized spacial score (nSPS) is 13.8. The van der Waals surface area contributed by atoms with Gasteiger partial charge in [-0.05, 0) is 72.7 Å². The molecule has 0 saturated heterocycles. The molecular formula is C26H23FIN7O5S. The number of hydrogen-bond donors (Lipinski definition) is 2. The number of nitrogens with one attached hydrogen (secondary N) is 2. The molecule has 1 fully saturated rings. The van der Waals surface area contributed by atoms with E-state index in [0.29, 0.717) is 16.4 Å². The third-order valence-corrected chi connectivity index (χ3v) is 9.22. The molecule has 2 N–H and O–H groups in total. The number of pyridine rings is 1. The monoisotopic (exact) mass is 691 g/mol. The molecule has 12 nitrogen and oxygen atoms in total. The maximum Gasteiger partial charge on any atom is 0.336 e. The van der Waals surface area contributed by atoms with E-state index in [9.17, 15) is 27.2 Å². The Balaban J connectivity index is 1.77. The fourth-order valence-electron chi connectivity index (χ4n) is 5.03. The summed E-state index contributed by atoms with van der Waals surface area (Å²) < 4.78 is 47.6. The molecule has 1 aliphatic rings. The smallest absolute Gasteiger partial charge is 0.336 e. The number of aromatic nitrogens is 5. The average molecular weight is 691 g/mol. The Bertz CT molecular complexity index is 2210. The van der Waals surface area contributed by atoms with Crippen molar-refractivity contribution >= 4 is 66.2 Å². The van der Waals surface area contributed by atoms with E-state index < -0.39 is 32.8 Å². The molecule has 3 aromatic heterocycles. The van der Waals surface area contributed by atoms with Crippen LogP contribution >= 0.6 is 22.6 Å². The molecule has 0 unspecified atom stereocenters. The van der Waals surface area contributed by atoms with Gasteiger partial charge in [-0.2, -0.15) is 8.42 Å². The van der Waals surface area contributed by atoms with E-state index in [1.165, 1.54) is 48.4 Å². The van der Waals surface area contributed by atoms with Gasteiger partial charge < -0.3 is 5.32 Å². The molecule has 1 aliphatic carbocycles. The first-order valence-corrected chi connectivity index (χ1v) is 15.0. The van der Waals surface area contributed by atoms with Crippen molar-refractivity contribution in [3.05, 3.63) is 88.9 Å². The quantitative estimate of drug-likeness (QED) is 0.261. The second-order valence-corrected chi connectivity index (χ2v) is 12.7. The largest absolute Gasteiger partial charge is 0.338 e. The Hall–Kier alpha value is -3.83. The molecule has 1 saturated carbocycles. The van der Waals surface area contributed by atoms with Gasteiger partial charge in [0.05, 0.1) is 22.4 Å². The van der Waals surface area contributed by atoms with Crippen LogP contribution in [0.2, 0.25) is 0 Å². The van der Waals surface area contributed by atoms with Gasteiger partial charge in [-0.25, -0.2) is 22.9 Å². The topological polar surface area (TPSA) is 142 Å². The van der Waals surface area contributed by atoms with Crippen molar-refractivity contribution in [2.75, 3.05) is 12.4 Å². The highest BCUT2D eigenvalue weighted by Crippen LogP contribution is 2.34. The number of anilines is 2. The van der Waals surface area contributed by atoms with E-state index >= 15 is 0 Å². The zero-order valence-electron chi connectivity index (χ0n) is 22.0. The third kappa shape index (κ3) is 4.21. The molecule has 6 rings (SSSR count). The molecule has 0 amide bonds. The molecule has 41 heavy (non-hydrogen) atoms. The summed E-state index contributed by atoms with van der Waals surface area (Å²) in [5.74, 6) is -0.575. The molecule has 212 valence electrons. The number of benzene rings is 2. The van der Waals surface area contributed by atoms with Gasteiger partial charge in [0.15, 0.2) is 0 Å². The van der Waals surface area contributed by atoms with Gasteiger partial charge >= 0.3 is 15.9 Å². The van der Waals surface area contributed by atoms with E-state index in [0.717, 1.165) is 14.9 Å². The number of hydrogen-bond acceptors (Lipinski definition) is 7. The van der Waals surface area contributed by atoms with E-state index in [4.69, 9.17) is 0 Å². The molecule has 3 heterocycles. The number of halogens is 2. The fourth-order valence-corrected chi connectivity index (χ4v) is 6.26. The molecule has 0 radical (unpaired) electrons. The van der Waals surface area contributed by atoms with Crippen LogP contribution in [0.1, 0.15) is 24.4 Å². The lowest BCUT2D eigenvalue weighted by Crippen LogP contribution is -2.41. The highest BCUT2D eigenvalue weighted by molar-refractivity contribution is 14.1. The number of imidazole rings is 1. The lowest BCUT2D eigenvalue weighted by atomic mass is 10.1. The van der Waals surface area contributed by atoms with Crippen LogP contribution in [0.4, 0.5) is 15.9 Å². The minimum Gasteiger partial charge on any atom is -0.338 e. The number of rotatable bonds is 6. The molecule has 0 bridgehead atoms. The maximum absolute atomic E-state index is 14.9. The SMILES string of the molecule is CNS(=O)(=O)n1cnc2c(-n3c(=O)n(C4CC4)c(=O)c4c(Nc5ccc(I)cc5F)n(C)c(=O)c(C)c43)cccc21. The van der Waals surface area contributed by atoms with Crippen LogP contribution in [0.5, 0.6) is 0 Å². The first-order chi connectivity index (χ1) is 19.5. The maximum atomic E-state index is 14.9. The Labute approximate surface area is 245 Å². The van der Waals surface area contributed by atoms with Crippen LogP contribution in [0.15, 0.2) is 57.1 Å². The number of nitrogens with zero attached hydrogens (tertiary/aromatic N) is 5. The van der Waals surface area contributed by atoms with Gasteiger partial charge in [0.25, 0.3) is 11.1 Å². The average Bonchev–Trinajstić information content (AvgIpc) is 3.66. The van der Waals surface area contributed by atoms with Crippen molar-refractivity contribution in [2.45, 2.75) is 25.8 Å². The van der Waals surface area contributed by atoms with Gasteiger partial charge in [0, 0.05) is 29.3 Å². The summed E-state index contributed by atoms with van der Waals surface area (Å²) in [5, 5.41) is 2.93. The van der Waals surface area contributed by atoms with Crippen molar-refractivity contribution in [3.8, 4) is 5.69 Å². The number of aryl methyl sites for hydroxylation is 1. The van der Waals surface area contributed by atoms with Crippen molar-refractivity contribution in [1.29, 1.82) is 0 Å². The van der Waals surface area contributed by atoms with Gasteiger partial charge in [-0.1, -0.05) is 6.07 Å². The summed E-state index contributed by atoms with van der Waals surface area (Å²) >= 11 is 1.97. The third-order valence-electron chi connectivity index (χ3n) is 7.22. The molecule has 5 aromatic rings. The van der Waals surface area contributed by atoms with Gasteiger partial charge in [0.2, 0.25) is 0 Å². The summed E-state index contributed by atoms with van der Waals surface area (Å²) in [6, 6.07) is 8.79. The van der Waals surface area contributed by atoms with Crippen LogP contribution in [0, 0.1) is 16.3 Å². The van der Waals surface area contributed by atoms with E-state index in [-0.39, 0.29) is 50.7 Å². The van der Waals surface area contributed by atoms with Crippen molar-refractivity contribution in [2.24, 2.45) is 7.05 Å². The van der Waals surface area contributed by atoms with Gasteiger partial charge in [-0.15, -0.1) is 0 Å². The second-order valence-electron chi connectivity index (χ2n) is 9.73. The van der Waals surface area contributed by atoms with E-state index in [2.05, 4.69) is 15.0 Å². The molecule has 0 spiro atoms. The van der Waals surface area contributed by atoms with Crippen LogP contribution in [-0.2, 0) is 17.3 Å². The Morgan fingerprint density at radius 3 is 2.49 bits per heavy atom. The second kappa shape index (κ2) is 9.63. The number of para-hydroxylation sites is 1.